The number of aliphatic hydroxyl groups excluding tert-OH is 5. The predicted molar refractivity (Wildman–Crippen MR) is 312 cm³/mol. The van der Waals surface area contributed by atoms with Crippen LogP contribution in [0.25, 0.3) is 0 Å². The first-order chi connectivity index (χ1) is 39.1. The Balaban J connectivity index is 1.10. The Morgan fingerprint density at radius 3 is 2.40 bits per heavy atom. The largest absolute Gasteiger partial charge is 0.396 e. The van der Waals surface area contributed by atoms with Gasteiger partial charge in [0.25, 0.3) is 0 Å². The monoisotopic (exact) mass is 1150 g/mol. The molecule has 1 unspecified atom stereocenters. The average Bonchev–Trinajstić information content (AvgIpc) is 2.29. The second-order valence-electron chi connectivity index (χ2n) is 29.3. The molecule has 16 heteroatoms. The topological polar surface area (TPSA) is 280 Å². The van der Waals surface area contributed by atoms with E-state index in [2.05, 4.69) is 22.9 Å². The minimum atomic E-state index is -1.98. The molecule has 0 radical (unpaired) electrons. The first-order valence-corrected chi connectivity index (χ1v) is 32.9. The highest BCUT2D eigenvalue weighted by atomic mass is 16.5. The van der Waals surface area contributed by atoms with E-state index in [4.69, 9.17) is 15.2 Å². The van der Waals surface area contributed by atoms with Crippen LogP contribution in [0, 0.1) is 63.6 Å². The zero-order chi connectivity index (χ0) is 58.2. The molecule has 14 N–H and O–H groups in total. The van der Waals surface area contributed by atoms with Crippen molar-refractivity contribution >= 4 is 5.78 Å². The number of fused-ring (bicyclic) bond motifs is 5. The summed E-state index contributed by atoms with van der Waals surface area (Å²) in [6, 6.07) is 0. The fraction of sp³-hybridized carbons (Fsp3) is 0.864. The number of nitrogens with two attached hydrogens (primary N) is 1. The lowest BCUT2D eigenvalue weighted by atomic mass is 9.37. The lowest BCUT2D eigenvalue weighted by Crippen LogP contribution is -2.74. The van der Waals surface area contributed by atoms with Crippen molar-refractivity contribution in [3.8, 4) is 0 Å². The molecule has 0 aromatic heterocycles. The van der Waals surface area contributed by atoms with E-state index in [-0.39, 0.29) is 99.0 Å². The van der Waals surface area contributed by atoms with Crippen molar-refractivity contribution in [2.45, 2.75) is 259 Å². The van der Waals surface area contributed by atoms with Gasteiger partial charge in [0.05, 0.1) is 71.4 Å². The van der Waals surface area contributed by atoms with Crippen molar-refractivity contribution < 1.29 is 60.2 Å². The van der Waals surface area contributed by atoms with Gasteiger partial charge in [-0.05, 0) is 207 Å². The number of ether oxygens (including phenoxy) is 2. The average molecular weight is 1150 g/mol. The van der Waals surface area contributed by atoms with Crippen molar-refractivity contribution in [2.24, 2.45) is 69.3 Å². The zero-order valence-electron chi connectivity index (χ0n) is 50.1. The van der Waals surface area contributed by atoms with Crippen LogP contribution in [0.4, 0.5) is 0 Å². The fourth-order valence-corrected chi connectivity index (χ4v) is 21.2. The number of allylic oxidation sites excluding steroid dienone is 5. The van der Waals surface area contributed by atoms with E-state index in [0.717, 1.165) is 88.4 Å². The molecule has 0 aromatic carbocycles. The molecule has 11 aliphatic rings. The maximum absolute atomic E-state index is 16.2. The molecule has 8 fully saturated rings. The normalized spacial score (nSPS) is 46.8. The van der Waals surface area contributed by atoms with Gasteiger partial charge in [-0.2, -0.15) is 0 Å². The molecule has 0 amide bonds. The van der Waals surface area contributed by atoms with Crippen molar-refractivity contribution in [3.63, 3.8) is 0 Å². The third-order valence-electron chi connectivity index (χ3n) is 24.8. The summed E-state index contributed by atoms with van der Waals surface area (Å²) in [7, 11) is 2.00. The Kier molecular flexibility index (Phi) is 17.7. The van der Waals surface area contributed by atoms with Crippen LogP contribution >= 0.6 is 0 Å². The lowest BCUT2D eigenvalue weighted by Gasteiger charge is -2.69. The Hall–Kier alpha value is -2.29. The summed E-state index contributed by atoms with van der Waals surface area (Å²) in [5, 5.41) is 126. The van der Waals surface area contributed by atoms with Gasteiger partial charge in [0, 0.05) is 61.1 Å². The van der Waals surface area contributed by atoms with E-state index in [9.17, 15) is 40.9 Å². The number of nitrogens with one attached hydrogen (secondary N) is 3. The summed E-state index contributed by atoms with van der Waals surface area (Å²) in [6.07, 6.45) is 19.1. The van der Waals surface area contributed by atoms with Crippen LogP contribution in [0.3, 0.4) is 0 Å². The first-order valence-electron chi connectivity index (χ1n) is 32.9. The summed E-state index contributed by atoms with van der Waals surface area (Å²) in [4.78, 5) is 16.2. The van der Waals surface area contributed by atoms with E-state index in [1.54, 1.807) is 13.8 Å². The summed E-state index contributed by atoms with van der Waals surface area (Å²) >= 11 is 0. The van der Waals surface area contributed by atoms with Gasteiger partial charge in [-0.25, -0.2) is 0 Å². The summed E-state index contributed by atoms with van der Waals surface area (Å²) < 4.78 is 13.8. The Morgan fingerprint density at radius 2 is 1.68 bits per heavy atom. The third kappa shape index (κ3) is 10.2. The first kappa shape index (κ1) is 61.4. The second kappa shape index (κ2) is 23.7. The Labute approximate surface area is 488 Å². The summed E-state index contributed by atoms with van der Waals surface area (Å²) in [5.74, 6) is -3.72. The Bertz CT molecular complexity index is 2420. The van der Waals surface area contributed by atoms with Crippen molar-refractivity contribution in [1.29, 1.82) is 0 Å². The zero-order valence-corrected chi connectivity index (χ0v) is 50.1. The van der Waals surface area contributed by atoms with Crippen molar-refractivity contribution in [1.82, 2.24) is 16.0 Å². The molecule has 2 heterocycles. The smallest absolute Gasteiger partial charge is 0.182 e. The van der Waals surface area contributed by atoms with Gasteiger partial charge >= 0.3 is 0 Å². The highest BCUT2D eigenvalue weighted by Gasteiger charge is 2.80. The molecule has 7 saturated carbocycles. The maximum atomic E-state index is 16.2. The van der Waals surface area contributed by atoms with E-state index in [0.29, 0.717) is 56.6 Å². The van der Waals surface area contributed by atoms with Gasteiger partial charge < -0.3 is 77.1 Å². The molecule has 462 valence electrons. The Morgan fingerprint density at radius 1 is 0.927 bits per heavy atom. The van der Waals surface area contributed by atoms with Gasteiger partial charge in [-0.3, -0.25) is 4.79 Å². The second-order valence-corrected chi connectivity index (χ2v) is 29.3. The van der Waals surface area contributed by atoms with Crippen molar-refractivity contribution in [2.75, 3.05) is 33.4 Å². The van der Waals surface area contributed by atoms with Crippen LogP contribution in [-0.4, -0.2) is 156 Å². The molecule has 11 rings (SSSR count). The standard InChI is InChI=1S/C66H106N4O12/c1-5-10-40-15-17-45-51(19-16-40)82-59-54(45)48(73)14-8-25-66(59,80)60(3,77)52-24-29-65(79)55-56(69-36-39(2)72)57(76)46-33-49(74)50(75)35-62(46)34-41(44-18-20-53(67)70-47(44)13-9-31-71)21-28-63(78,58(55)62)37-64(52,65)42-22-26-61(27-23-42,38-68-4)30-32-81-43-11-6-7-12-43/h18,20-21,28,39-43,45-46,48-54,58-59,68-75,77-80H,5-17,19,22-27,29-38,67H2,1-4H3/t39-,40+,41+,42?,45+,46-,48-,49+,50-,51+,52+,53?,54+,58-,59+,60+,61?,62-,63+,64-,65+,66+/m0/s1. The molecular weight excluding hydrogens is 1040 g/mol. The quantitative estimate of drug-likeness (QED) is 0.0744. The molecule has 1 spiro atoms. The number of aliphatic hydroxyl groups is 9. The van der Waals surface area contributed by atoms with Gasteiger partial charge in [0.2, 0.25) is 0 Å². The van der Waals surface area contributed by atoms with Crippen LogP contribution in [0.1, 0.15) is 188 Å². The minimum absolute atomic E-state index is 0.00642. The van der Waals surface area contributed by atoms with Crippen LogP contribution in [0.5, 0.6) is 0 Å². The fourth-order valence-electron chi connectivity index (χ4n) is 21.2. The van der Waals surface area contributed by atoms with E-state index in [1.807, 2.05) is 31.4 Å². The number of dihydropyridines is 1. The molecule has 20 atom stereocenters. The minimum Gasteiger partial charge on any atom is -0.396 e. The molecule has 16 nitrogen and oxygen atoms in total. The number of rotatable bonds is 18. The van der Waals surface area contributed by atoms with Gasteiger partial charge in [0.15, 0.2) is 5.78 Å². The van der Waals surface area contributed by atoms with Gasteiger partial charge in [-0.15, -0.1) is 0 Å². The lowest BCUT2D eigenvalue weighted by molar-refractivity contribution is -0.277. The summed E-state index contributed by atoms with van der Waals surface area (Å²) in [5.41, 5.74) is -1.66. The van der Waals surface area contributed by atoms with Crippen LogP contribution in [0.15, 0.2) is 46.8 Å². The number of carbonyl (C=O) groups excluding carboxylic acids is 1. The number of hydrogen-bond acceptors (Lipinski definition) is 16. The molecule has 0 bridgehead atoms. The molecule has 1 saturated heterocycles. The molecular formula is C66H106N4O12. The molecule has 0 aromatic rings. The van der Waals surface area contributed by atoms with E-state index in [1.165, 1.54) is 12.8 Å². The summed E-state index contributed by atoms with van der Waals surface area (Å²) in [6.45, 7) is 6.96. The number of carbonyl (C=O) groups is 1. The SMILES string of the molecule is CCC[C@@H]1CC[C@H]2[C@H]3[C@@H](O[C@@H]2CC1)[C@@](O)([C@](C)(O)[C@H]1CC[C@@]2(O)C4=C(NC[C@H](C)O)C(=O)[C@@H]5C[C@@H](O)[C@@H](O)C[C@@]56C[C@H](C5=C(CCCO)NC(N)C=C5)C=C[C@@](O)(C[C@]12C1CCC(CCOC2CCCC2)(CNC)CC1)[C@@H]46)CCC[C@@H]3O. The number of Topliss-reactive ketones (excluding diaryl/α,β-unsaturated/α-hetero) is 1. The molecule has 82 heavy (non-hydrogen) atoms. The highest BCUT2D eigenvalue weighted by Crippen LogP contribution is 2.77. The number of hydrogen-bond donors (Lipinski definition) is 13. The van der Waals surface area contributed by atoms with Gasteiger partial charge in [0.1, 0.15) is 5.60 Å². The maximum Gasteiger partial charge on any atom is 0.182 e. The third-order valence-corrected chi connectivity index (χ3v) is 24.8. The highest BCUT2D eigenvalue weighted by molar-refractivity contribution is 6.00. The van der Waals surface area contributed by atoms with Gasteiger partial charge in [-0.1, -0.05) is 57.3 Å². The van der Waals surface area contributed by atoms with E-state index >= 15 is 9.90 Å². The molecule has 9 aliphatic carbocycles. The predicted octanol–water partition coefficient (Wildman–Crippen LogP) is 5.60. The van der Waals surface area contributed by atoms with Crippen molar-refractivity contribution in [3.05, 3.63) is 46.8 Å². The van der Waals surface area contributed by atoms with E-state index < -0.39 is 99.5 Å². The number of ketones is 1. The molecule has 2 aliphatic heterocycles. The van der Waals surface area contributed by atoms with Crippen LogP contribution < -0.4 is 21.7 Å². The van der Waals surface area contributed by atoms with Crippen LogP contribution in [0.2, 0.25) is 0 Å². The van der Waals surface area contributed by atoms with Crippen LogP contribution in [-0.2, 0) is 14.3 Å².